The summed E-state index contributed by atoms with van der Waals surface area (Å²) in [5.41, 5.74) is 1.47. The van der Waals surface area contributed by atoms with Gasteiger partial charge in [-0.25, -0.2) is 13.2 Å². The standard InChI is InChI=1S/C25H22ClF3/c1-2-3-4-5-6-7-17-9-13-21-20(14-17)12-11-19(25(21)29)10-8-18-15-22(27)24(26)23(28)16-18/h9,11-16H,2-7H2,1H3. The first kappa shape index (κ1) is 21.3. The van der Waals surface area contributed by atoms with E-state index in [1.54, 1.807) is 12.1 Å². The van der Waals surface area contributed by atoms with Crippen LogP contribution in [0.4, 0.5) is 13.2 Å². The molecule has 0 aromatic heterocycles. The monoisotopic (exact) mass is 414 g/mol. The highest BCUT2D eigenvalue weighted by Gasteiger charge is 2.09. The maximum absolute atomic E-state index is 14.8. The highest BCUT2D eigenvalue weighted by Crippen LogP contribution is 2.24. The maximum Gasteiger partial charge on any atom is 0.146 e. The molecule has 0 bridgehead atoms. The summed E-state index contributed by atoms with van der Waals surface area (Å²) in [4.78, 5) is 0. The third kappa shape index (κ3) is 5.34. The third-order valence-electron chi connectivity index (χ3n) is 4.91. The predicted molar refractivity (Wildman–Crippen MR) is 114 cm³/mol. The van der Waals surface area contributed by atoms with Gasteiger partial charge < -0.3 is 0 Å². The van der Waals surface area contributed by atoms with Crippen LogP contribution in [-0.2, 0) is 6.42 Å². The van der Waals surface area contributed by atoms with Crippen LogP contribution in [0.1, 0.15) is 55.7 Å². The summed E-state index contributed by atoms with van der Waals surface area (Å²) >= 11 is 5.47. The van der Waals surface area contributed by atoms with Crippen molar-refractivity contribution in [3.63, 3.8) is 0 Å². The molecule has 0 N–H and O–H groups in total. The van der Waals surface area contributed by atoms with Crippen LogP contribution in [0.3, 0.4) is 0 Å². The van der Waals surface area contributed by atoms with E-state index in [1.807, 2.05) is 18.2 Å². The smallest absolute Gasteiger partial charge is 0.146 e. The molecule has 0 nitrogen and oxygen atoms in total. The van der Waals surface area contributed by atoms with Gasteiger partial charge in [0, 0.05) is 10.9 Å². The van der Waals surface area contributed by atoms with Gasteiger partial charge in [0.05, 0.1) is 5.56 Å². The SMILES string of the molecule is CCCCCCCc1ccc2c(F)c(C#Cc3cc(F)c(Cl)c(F)c3)ccc2c1. The molecule has 4 heteroatoms. The number of fused-ring (bicyclic) bond motifs is 1. The average Bonchev–Trinajstić information content (AvgIpc) is 2.71. The molecule has 150 valence electrons. The number of unbranched alkanes of at least 4 members (excludes halogenated alkanes) is 4. The van der Waals surface area contributed by atoms with Gasteiger partial charge in [0.15, 0.2) is 0 Å². The van der Waals surface area contributed by atoms with Gasteiger partial charge >= 0.3 is 0 Å². The van der Waals surface area contributed by atoms with Gasteiger partial charge in [-0.1, -0.05) is 80.3 Å². The van der Waals surface area contributed by atoms with Gasteiger partial charge in [-0.05, 0) is 42.0 Å². The minimum absolute atomic E-state index is 0.0994. The van der Waals surface area contributed by atoms with Crippen LogP contribution >= 0.6 is 11.6 Å². The van der Waals surface area contributed by atoms with E-state index in [9.17, 15) is 13.2 Å². The van der Waals surface area contributed by atoms with Gasteiger partial charge in [0.1, 0.15) is 22.5 Å². The van der Waals surface area contributed by atoms with E-state index in [2.05, 4.69) is 18.8 Å². The minimum atomic E-state index is -0.892. The van der Waals surface area contributed by atoms with Crippen LogP contribution in [-0.4, -0.2) is 0 Å². The molecule has 0 radical (unpaired) electrons. The fourth-order valence-corrected chi connectivity index (χ4v) is 3.40. The Hall–Kier alpha value is -2.44. The first-order valence-electron chi connectivity index (χ1n) is 9.87. The molecule has 0 aliphatic carbocycles. The summed E-state index contributed by atoms with van der Waals surface area (Å²) in [6.45, 7) is 2.20. The summed E-state index contributed by atoms with van der Waals surface area (Å²) in [5, 5.41) is 0.733. The normalized spacial score (nSPS) is 10.8. The van der Waals surface area contributed by atoms with Crippen LogP contribution in [0.25, 0.3) is 10.8 Å². The van der Waals surface area contributed by atoms with Crippen molar-refractivity contribution in [1.29, 1.82) is 0 Å². The number of aryl methyl sites for hydroxylation is 1. The predicted octanol–water partition coefficient (Wildman–Crippen LogP) is 7.82. The fourth-order valence-electron chi connectivity index (χ4n) is 3.29. The highest BCUT2D eigenvalue weighted by molar-refractivity contribution is 6.30. The van der Waals surface area contributed by atoms with E-state index in [0.29, 0.717) is 5.39 Å². The Morgan fingerprint density at radius 1 is 0.828 bits per heavy atom. The van der Waals surface area contributed by atoms with E-state index >= 15 is 0 Å². The molecule has 0 aliphatic heterocycles. The Balaban J connectivity index is 1.79. The fraction of sp³-hybridized carbons (Fsp3) is 0.280. The van der Waals surface area contributed by atoms with Crippen molar-refractivity contribution in [2.24, 2.45) is 0 Å². The summed E-state index contributed by atoms with van der Waals surface area (Å²) < 4.78 is 41.9. The van der Waals surface area contributed by atoms with Gasteiger partial charge in [0.2, 0.25) is 0 Å². The van der Waals surface area contributed by atoms with Gasteiger partial charge in [-0.3, -0.25) is 0 Å². The van der Waals surface area contributed by atoms with Crippen LogP contribution in [0.2, 0.25) is 5.02 Å². The largest absolute Gasteiger partial charge is 0.205 e. The molecule has 0 heterocycles. The van der Waals surface area contributed by atoms with Crippen molar-refractivity contribution >= 4 is 22.4 Å². The molecule has 0 amide bonds. The zero-order valence-corrected chi connectivity index (χ0v) is 17.1. The molecule has 3 rings (SSSR count). The Morgan fingerprint density at radius 3 is 2.28 bits per heavy atom. The Morgan fingerprint density at radius 2 is 1.55 bits per heavy atom. The number of hydrogen-bond donors (Lipinski definition) is 0. The number of halogens is 4. The molecule has 3 aromatic rings. The Bertz CT molecular complexity index is 1050. The van der Waals surface area contributed by atoms with Gasteiger partial charge in [-0.2, -0.15) is 0 Å². The summed E-state index contributed by atoms with van der Waals surface area (Å²) in [6.07, 6.45) is 7.06. The van der Waals surface area contributed by atoms with Crippen LogP contribution in [0, 0.1) is 29.3 Å². The molecule has 0 saturated carbocycles. The molecule has 0 saturated heterocycles. The lowest BCUT2D eigenvalue weighted by molar-refractivity contribution is 0.583. The van der Waals surface area contributed by atoms with Crippen molar-refractivity contribution in [2.75, 3.05) is 0 Å². The summed E-state index contributed by atoms with van der Waals surface area (Å²) in [7, 11) is 0. The van der Waals surface area contributed by atoms with Crippen molar-refractivity contribution < 1.29 is 13.2 Å². The van der Waals surface area contributed by atoms with E-state index in [0.717, 1.165) is 30.4 Å². The maximum atomic E-state index is 14.8. The quantitative estimate of drug-likeness (QED) is 0.219. The zero-order chi connectivity index (χ0) is 20.8. The molecule has 0 fully saturated rings. The van der Waals surface area contributed by atoms with Crippen LogP contribution < -0.4 is 0 Å². The first-order valence-corrected chi connectivity index (χ1v) is 10.2. The van der Waals surface area contributed by atoms with Crippen molar-refractivity contribution in [1.82, 2.24) is 0 Å². The van der Waals surface area contributed by atoms with Gasteiger partial charge in [-0.15, -0.1) is 0 Å². The second-order valence-electron chi connectivity index (χ2n) is 7.15. The van der Waals surface area contributed by atoms with Crippen molar-refractivity contribution in [3.8, 4) is 11.8 Å². The zero-order valence-electron chi connectivity index (χ0n) is 16.3. The van der Waals surface area contributed by atoms with E-state index < -0.39 is 22.5 Å². The molecule has 0 aliphatic rings. The van der Waals surface area contributed by atoms with E-state index in [-0.39, 0.29) is 11.1 Å². The first-order chi connectivity index (χ1) is 14.0. The number of benzene rings is 3. The molecule has 29 heavy (non-hydrogen) atoms. The molecular weight excluding hydrogens is 393 g/mol. The topological polar surface area (TPSA) is 0 Å². The number of rotatable bonds is 6. The summed E-state index contributed by atoms with van der Waals surface area (Å²) in [5.74, 6) is 3.05. The van der Waals surface area contributed by atoms with Crippen molar-refractivity contribution in [2.45, 2.75) is 45.4 Å². The third-order valence-corrected chi connectivity index (χ3v) is 5.27. The van der Waals surface area contributed by atoms with Crippen molar-refractivity contribution in [3.05, 3.63) is 81.6 Å². The summed E-state index contributed by atoms with van der Waals surface area (Å²) in [6, 6.07) is 11.2. The highest BCUT2D eigenvalue weighted by atomic mass is 35.5. The van der Waals surface area contributed by atoms with Crippen LogP contribution in [0.5, 0.6) is 0 Å². The molecule has 0 atom stereocenters. The van der Waals surface area contributed by atoms with Gasteiger partial charge in [0.25, 0.3) is 0 Å². The lowest BCUT2D eigenvalue weighted by Gasteiger charge is -2.06. The Labute approximate surface area is 174 Å². The average molecular weight is 415 g/mol. The second-order valence-corrected chi connectivity index (χ2v) is 7.53. The second kappa shape index (κ2) is 9.85. The minimum Gasteiger partial charge on any atom is -0.205 e. The van der Waals surface area contributed by atoms with Crippen LogP contribution in [0.15, 0.2) is 42.5 Å². The molecule has 0 unspecified atom stereocenters. The molecular formula is C25H22ClF3. The molecule has 0 spiro atoms. The lowest BCUT2D eigenvalue weighted by atomic mass is 10.00. The Kier molecular flexibility index (Phi) is 7.23. The van der Waals surface area contributed by atoms with E-state index in [1.165, 1.54) is 31.2 Å². The van der Waals surface area contributed by atoms with E-state index in [4.69, 9.17) is 11.6 Å². The lowest BCUT2D eigenvalue weighted by Crippen LogP contribution is -1.91. The molecule has 3 aromatic carbocycles. The number of hydrogen-bond acceptors (Lipinski definition) is 0.